The Balaban J connectivity index is 2.91. The molecule has 0 aromatic carbocycles. The SMILES string of the molecule is COc1cc(NC(C)C)nc(CC(C)C)n1. The van der Waals surface area contributed by atoms with Gasteiger partial charge in [-0.25, -0.2) is 4.98 Å². The Morgan fingerprint density at radius 1 is 1.25 bits per heavy atom. The Labute approximate surface area is 97.5 Å². The third-order valence-corrected chi connectivity index (χ3v) is 1.99. The highest BCUT2D eigenvalue weighted by Gasteiger charge is 2.07. The quantitative estimate of drug-likeness (QED) is 0.833. The van der Waals surface area contributed by atoms with Gasteiger partial charge in [0.1, 0.15) is 11.6 Å². The minimum absolute atomic E-state index is 0.353. The highest BCUT2D eigenvalue weighted by molar-refractivity contribution is 5.39. The number of ether oxygens (including phenoxy) is 1. The van der Waals surface area contributed by atoms with Gasteiger partial charge in [0.25, 0.3) is 0 Å². The molecule has 16 heavy (non-hydrogen) atoms. The summed E-state index contributed by atoms with van der Waals surface area (Å²) in [7, 11) is 1.63. The van der Waals surface area contributed by atoms with Gasteiger partial charge in [0.2, 0.25) is 5.88 Å². The van der Waals surface area contributed by atoms with E-state index in [2.05, 4.69) is 43.0 Å². The molecule has 1 aromatic rings. The van der Waals surface area contributed by atoms with Crippen molar-refractivity contribution in [3.8, 4) is 5.88 Å². The topological polar surface area (TPSA) is 47.0 Å². The lowest BCUT2D eigenvalue weighted by molar-refractivity contribution is 0.394. The van der Waals surface area contributed by atoms with Crippen LogP contribution in [0.4, 0.5) is 5.82 Å². The fraction of sp³-hybridized carbons (Fsp3) is 0.667. The lowest BCUT2D eigenvalue weighted by Crippen LogP contribution is -2.13. The molecule has 0 unspecified atom stereocenters. The van der Waals surface area contributed by atoms with Gasteiger partial charge in [-0.05, 0) is 19.8 Å². The molecule has 0 aliphatic heterocycles. The zero-order valence-corrected chi connectivity index (χ0v) is 10.7. The second-order valence-electron chi connectivity index (χ2n) is 4.61. The molecule has 1 heterocycles. The highest BCUT2D eigenvalue weighted by Crippen LogP contribution is 2.15. The predicted molar refractivity (Wildman–Crippen MR) is 65.9 cm³/mol. The van der Waals surface area contributed by atoms with Gasteiger partial charge in [-0.3, -0.25) is 0 Å². The van der Waals surface area contributed by atoms with Crippen molar-refractivity contribution in [2.75, 3.05) is 12.4 Å². The van der Waals surface area contributed by atoms with Crippen LogP contribution in [0.2, 0.25) is 0 Å². The molecule has 0 amide bonds. The Morgan fingerprint density at radius 2 is 1.94 bits per heavy atom. The summed E-state index contributed by atoms with van der Waals surface area (Å²) < 4.78 is 5.17. The van der Waals surface area contributed by atoms with Crippen LogP contribution in [0.5, 0.6) is 5.88 Å². The largest absolute Gasteiger partial charge is 0.481 e. The maximum atomic E-state index is 5.17. The third kappa shape index (κ3) is 4.04. The number of nitrogens with zero attached hydrogens (tertiary/aromatic N) is 2. The normalized spacial score (nSPS) is 10.9. The minimum atomic E-state index is 0.353. The Bertz CT molecular complexity index is 309. The summed E-state index contributed by atoms with van der Waals surface area (Å²) in [4.78, 5) is 8.79. The zero-order chi connectivity index (χ0) is 12.1. The van der Waals surface area contributed by atoms with Crippen LogP contribution in [0.15, 0.2) is 6.07 Å². The summed E-state index contributed by atoms with van der Waals surface area (Å²) in [5, 5.41) is 3.26. The molecule has 4 heteroatoms. The Kier molecular flexibility index (Phi) is 4.52. The highest BCUT2D eigenvalue weighted by atomic mass is 16.5. The van der Waals surface area contributed by atoms with E-state index < -0.39 is 0 Å². The molecular formula is C12H21N3O. The first-order valence-electron chi connectivity index (χ1n) is 5.69. The predicted octanol–water partition coefficient (Wildman–Crippen LogP) is 2.50. The average Bonchev–Trinajstić information content (AvgIpc) is 2.14. The van der Waals surface area contributed by atoms with E-state index >= 15 is 0 Å². The molecule has 0 spiro atoms. The van der Waals surface area contributed by atoms with Crippen molar-refractivity contribution >= 4 is 5.82 Å². The van der Waals surface area contributed by atoms with Gasteiger partial charge in [0, 0.05) is 18.5 Å². The van der Waals surface area contributed by atoms with E-state index in [1.165, 1.54) is 0 Å². The number of hydrogen-bond donors (Lipinski definition) is 1. The van der Waals surface area contributed by atoms with Crippen LogP contribution >= 0.6 is 0 Å². The van der Waals surface area contributed by atoms with Gasteiger partial charge in [0.05, 0.1) is 7.11 Å². The van der Waals surface area contributed by atoms with E-state index in [1.807, 2.05) is 6.07 Å². The van der Waals surface area contributed by atoms with Crippen molar-refractivity contribution in [2.24, 2.45) is 5.92 Å². The van der Waals surface area contributed by atoms with Gasteiger partial charge in [-0.2, -0.15) is 4.98 Å². The molecule has 0 radical (unpaired) electrons. The summed E-state index contributed by atoms with van der Waals surface area (Å²) in [6, 6.07) is 2.18. The van der Waals surface area contributed by atoms with Crippen LogP contribution in [0, 0.1) is 5.92 Å². The van der Waals surface area contributed by atoms with Crippen LogP contribution in [0.3, 0.4) is 0 Å². The van der Waals surface area contributed by atoms with Crippen LogP contribution < -0.4 is 10.1 Å². The number of anilines is 1. The smallest absolute Gasteiger partial charge is 0.218 e. The molecule has 0 aliphatic carbocycles. The van der Waals surface area contributed by atoms with Crippen LogP contribution in [-0.2, 0) is 6.42 Å². The first kappa shape index (κ1) is 12.7. The summed E-state index contributed by atoms with van der Waals surface area (Å²) in [5.74, 6) is 2.82. The number of aromatic nitrogens is 2. The molecule has 90 valence electrons. The molecule has 0 saturated heterocycles. The molecule has 0 saturated carbocycles. The molecule has 4 nitrogen and oxygen atoms in total. The first-order chi connectivity index (χ1) is 7.51. The van der Waals surface area contributed by atoms with Crippen LogP contribution in [-0.4, -0.2) is 23.1 Å². The summed E-state index contributed by atoms with van der Waals surface area (Å²) in [5.41, 5.74) is 0. The number of rotatable bonds is 5. The van der Waals surface area contributed by atoms with Crippen molar-refractivity contribution in [2.45, 2.75) is 40.2 Å². The van der Waals surface area contributed by atoms with Gasteiger partial charge in [-0.15, -0.1) is 0 Å². The van der Waals surface area contributed by atoms with E-state index in [1.54, 1.807) is 7.11 Å². The van der Waals surface area contributed by atoms with Crippen LogP contribution in [0.1, 0.15) is 33.5 Å². The van der Waals surface area contributed by atoms with E-state index in [4.69, 9.17) is 4.74 Å². The van der Waals surface area contributed by atoms with E-state index in [0.29, 0.717) is 17.8 Å². The van der Waals surface area contributed by atoms with Gasteiger partial charge >= 0.3 is 0 Å². The van der Waals surface area contributed by atoms with Crippen LogP contribution in [0.25, 0.3) is 0 Å². The second kappa shape index (κ2) is 5.68. The summed E-state index contributed by atoms with van der Waals surface area (Å²) in [6.07, 6.45) is 0.865. The van der Waals surface area contributed by atoms with Gasteiger partial charge in [-0.1, -0.05) is 13.8 Å². The third-order valence-electron chi connectivity index (χ3n) is 1.99. The monoisotopic (exact) mass is 223 g/mol. The molecule has 0 bridgehead atoms. The standard InChI is InChI=1S/C12H21N3O/c1-8(2)6-10-14-11(13-9(3)4)7-12(15-10)16-5/h7-9H,6H2,1-5H3,(H,13,14,15). The van der Waals surface area contributed by atoms with Gasteiger partial charge in [0.15, 0.2) is 0 Å². The summed E-state index contributed by atoms with van der Waals surface area (Å²) >= 11 is 0. The van der Waals surface area contributed by atoms with Crippen molar-refractivity contribution < 1.29 is 4.74 Å². The maximum Gasteiger partial charge on any atom is 0.218 e. The molecule has 0 aliphatic rings. The summed E-state index contributed by atoms with van der Waals surface area (Å²) in [6.45, 7) is 8.46. The fourth-order valence-electron chi connectivity index (χ4n) is 1.40. The second-order valence-corrected chi connectivity index (χ2v) is 4.61. The first-order valence-corrected chi connectivity index (χ1v) is 5.69. The molecule has 1 aromatic heterocycles. The van der Waals surface area contributed by atoms with Crippen molar-refractivity contribution in [1.29, 1.82) is 0 Å². The number of nitrogens with one attached hydrogen (secondary N) is 1. The molecule has 1 rings (SSSR count). The molecular weight excluding hydrogens is 202 g/mol. The van der Waals surface area contributed by atoms with Crippen molar-refractivity contribution in [3.63, 3.8) is 0 Å². The minimum Gasteiger partial charge on any atom is -0.481 e. The van der Waals surface area contributed by atoms with Crippen molar-refractivity contribution in [3.05, 3.63) is 11.9 Å². The lowest BCUT2D eigenvalue weighted by atomic mass is 10.1. The van der Waals surface area contributed by atoms with Crippen molar-refractivity contribution in [1.82, 2.24) is 9.97 Å². The fourth-order valence-corrected chi connectivity index (χ4v) is 1.40. The molecule has 0 atom stereocenters. The van der Waals surface area contributed by atoms with E-state index in [0.717, 1.165) is 18.1 Å². The Hall–Kier alpha value is -1.32. The number of methoxy groups -OCH3 is 1. The lowest BCUT2D eigenvalue weighted by Gasteiger charge is -2.12. The molecule has 0 fully saturated rings. The Morgan fingerprint density at radius 3 is 2.44 bits per heavy atom. The average molecular weight is 223 g/mol. The molecule has 1 N–H and O–H groups in total. The zero-order valence-electron chi connectivity index (χ0n) is 10.7. The number of hydrogen-bond acceptors (Lipinski definition) is 4. The maximum absolute atomic E-state index is 5.17. The van der Waals surface area contributed by atoms with E-state index in [-0.39, 0.29) is 0 Å². The van der Waals surface area contributed by atoms with Gasteiger partial charge < -0.3 is 10.1 Å². The van der Waals surface area contributed by atoms with E-state index in [9.17, 15) is 0 Å².